The largest absolute Gasteiger partial charge is 0.445 e. The van der Waals surface area contributed by atoms with E-state index in [0.717, 1.165) is 54.9 Å². The van der Waals surface area contributed by atoms with Crippen molar-refractivity contribution < 1.29 is 28.2 Å². The molecule has 4 N–H and O–H groups in total. The highest BCUT2D eigenvalue weighted by Gasteiger charge is 2.30. The van der Waals surface area contributed by atoms with Crippen LogP contribution in [0.2, 0.25) is 0 Å². The van der Waals surface area contributed by atoms with Gasteiger partial charge in [0.15, 0.2) is 0 Å². The molecule has 2 amide bonds. The van der Waals surface area contributed by atoms with Crippen LogP contribution in [0.15, 0.2) is 72.8 Å². The number of ether oxygens (including phenoxy) is 1. The average molecular weight is 670 g/mol. The topological polar surface area (TPSA) is 105 Å². The number of aryl methyl sites for hydroxylation is 1. The minimum atomic E-state index is -1.22. The third kappa shape index (κ3) is 13.3. The molecule has 0 bridgehead atoms. The van der Waals surface area contributed by atoms with Crippen molar-refractivity contribution in [2.24, 2.45) is 5.73 Å². The first-order valence-electron chi connectivity index (χ1n) is 16.5. The van der Waals surface area contributed by atoms with Crippen LogP contribution in [0.4, 0.5) is 13.6 Å². The summed E-state index contributed by atoms with van der Waals surface area (Å²) >= 11 is 1.65. The zero-order chi connectivity index (χ0) is 34.2. The standard InChI is InChI=1S/C37H49F2N3O4S/c1-4-11-32(12-5-2)47-25-34(41-37(45)46-24-27-13-8-7-9-14-27)36(44)42(22-28-16-10-15-26(6-3)17-28)23-35(43)33(40)20-29-18-30(38)21-31(39)19-29/h7-10,13-19,21,32-35,43H,4-6,11-12,20,22-25,40H2,1-3H3,(H,41,45). The third-order valence-electron chi connectivity index (χ3n) is 7.90. The molecule has 0 aromatic heterocycles. The summed E-state index contributed by atoms with van der Waals surface area (Å²) in [4.78, 5) is 28.9. The number of carbonyl (C=O) groups excluding carboxylic acids is 2. The molecule has 3 rings (SSSR count). The molecule has 3 atom stereocenters. The molecule has 0 saturated carbocycles. The summed E-state index contributed by atoms with van der Waals surface area (Å²) in [6.45, 7) is 6.36. The number of benzene rings is 3. The number of carbonyl (C=O) groups is 2. The summed E-state index contributed by atoms with van der Waals surface area (Å²) < 4.78 is 33.1. The summed E-state index contributed by atoms with van der Waals surface area (Å²) in [5.41, 5.74) is 9.40. The fourth-order valence-corrected chi connectivity index (χ4v) is 6.88. The molecule has 0 spiro atoms. The van der Waals surface area contributed by atoms with E-state index in [1.54, 1.807) is 11.8 Å². The van der Waals surface area contributed by atoms with Crippen LogP contribution < -0.4 is 11.1 Å². The van der Waals surface area contributed by atoms with Crippen molar-refractivity contribution in [3.05, 3.63) is 107 Å². The van der Waals surface area contributed by atoms with Gasteiger partial charge in [0.25, 0.3) is 0 Å². The van der Waals surface area contributed by atoms with E-state index in [1.165, 1.54) is 17.0 Å². The van der Waals surface area contributed by atoms with Crippen LogP contribution in [0.3, 0.4) is 0 Å². The summed E-state index contributed by atoms with van der Waals surface area (Å²) in [6.07, 6.45) is 2.86. The Bertz CT molecular complexity index is 1370. The van der Waals surface area contributed by atoms with Gasteiger partial charge in [0.2, 0.25) is 5.91 Å². The van der Waals surface area contributed by atoms with E-state index < -0.39 is 35.9 Å². The van der Waals surface area contributed by atoms with Gasteiger partial charge in [-0.3, -0.25) is 4.79 Å². The average Bonchev–Trinajstić information content (AvgIpc) is 3.05. The van der Waals surface area contributed by atoms with Crippen LogP contribution in [-0.2, 0) is 35.5 Å². The highest BCUT2D eigenvalue weighted by atomic mass is 32.2. The second kappa shape index (κ2) is 20.0. The van der Waals surface area contributed by atoms with Crippen molar-refractivity contribution >= 4 is 23.8 Å². The number of aliphatic hydroxyl groups excluding tert-OH is 1. The van der Waals surface area contributed by atoms with Gasteiger partial charge < -0.3 is 25.8 Å². The minimum absolute atomic E-state index is 0.00224. The predicted molar refractivity (Wildman–Crippen MR) is 185 cm³/mol. The number of nitrogens with zero attached hydrogens (tertiary/aromatic N) is 1. The SMILES string of the molecule is CCCC(CCC)SCC(NC(=O)OCc1ccccc1)C(=O)N(Cc1cccc(CC)c1)CC(O)C(N)Cc1cc(F)cc(F)c1. The highest BCUT2D eigenvalue weighted by Crippen LogP contribution is 2.23. The van der Waals surface area contributed by atoms with Crippen molar-refractivity contribution in [3.8, 4) is 0 Å². The molecule has 0 aliphatic carbocycles. The Hall–Kier alpha value is -3.47. The zero-order valence-corrected chi connectivity index (χ0v) is 28.5. The van der Waals surface area contributed by atoms with Gasteiger partial charge in [0.05, 0.1) is 6.10 Å². The monoisotopic (exact) mass is 669 g/mol. The van der Waals surface area contributed by atoms with Gasteiger partial charge in [0.1, 0.15) is 24.3 Å². The Balaban J connectivity index is 1.85. The number of nitrogens with one attached hydrogen (secondary N) is 1. The first-order valence-corrected chi connectivity index (χ1v) is 17.5. The van der Waals surface area contributed by atoms with Crippen molar-refractivity contribution in [3.63, 3.8) is 0 Å². The first kappa shape index (κ1) is 38.0. The summed E-state index contributed by atoms with van der Waals surface area (Å²) in [5.74, 6) is -1.53. The Kier molecular flexibility index (Phi) is 16.2. The van der Waals surface area contributed by atoms with Gasteiger partial charge in [-0.05, 0) is 60.1 Å². The molecule has 0 aliphatic heterocycles. The van der Waals surface area contributed by atoms with Crippen molar-refractivity contribution in [2.45, 2.75) is 95.9 Å². The first-order chi connectivity index (χ1) is 22.6. The van der Waals surface area contributed by atoms with E-state index in [9.17, 15) is 23.5 Å². The second-order valence-corrected chi connectivity index (χ2v) is 13.2. The maximum atomic E-state index is 14.3. The lowest BCUT2D eigenvalue weighted by Gasteiger charge is -2.32. The predicted octanol–water partition coefficient (Wildman–Crippen LogP) is 6.78. The van der Waals surface area contributed by atoms with E-state index in [1.807, 2.05) is 61.5 Å². The van der Waals surface area contributed by atoms with Gasteiger partial charge in [-0.25, -0.2) is 13.6 Å². The molecule has 47 heavy (non-hydrogen) atoms. The highest BCUT2D eigenvalue weighted by molar-refractivity contribution is 7.99. The van der Waals surface area contributed by atoms with Crippen molar-refractivity contribution in [2.75, 3.05) is 12.3 Å². The third-order valence-corrected chi connectivity index (χ3v) is 9.37. The van der Waals surface area contributed by atoms with Crippen LogP contribution in [0, 0.1) is 11.6 Å². The number of thioether (sulfide) groups is 1. The fraction of sp³-hybridized carbons (Fsp3) is 0.459. The molecule has 7 nitrogen and oxygen atoms in total. The van der Waals surface area contributed by atoms with Crippen molar-refractivity contribution in [1.82, 2.24) is 10.2 Å². The van der Waals surface area contributed by atoms with E-state index in [-0.39, 0.29) is 32.0 Å². The Morgan fingerprint density at radius 2 is 1.53 bits per heavy atom. The summed E-state index contributed by atoms with van der Waals surface area (Å²) in [6, 6.07) is 18.4. The molecule has 0 radical (unpaired) electrons. The minimum Gasteiger partial charge on any atom is -0.445 e. The molecule has 3 aromatic rings. The molecule has 0 saturated heterocycles. The number of aliphatic hydroxyl groups is 1. The van der Waals surface area contributed by atoms with E-state index in [0.29, 0.717) is 16.6 Å². The smallest absolute Gasteiger partial charge is 0.408 e. The zero-order valence-electron chi connectivity index (χ0n) is 27.7. The summed E-state index contributed by atoms with van der Waals surface area (Å²) in [5, 5.41) is 14.3. The van der Waals surface area contributed by atoms with Crippen LogP contribution in [0.5, 0.6) is 0 Å². The normalized spacial score (nSPS) is 13.2. The number of alkyl carbamates (subject to hydrolysis) is 1. The molecular weight excluding hydrogens is 620 g/mol. The lowest BCUT2D eigenvalue weighted by Crippen LogP contribution is -2.53. The molecule has 0 heterocycles. The van der Waals surface area contributed by atoms with Crippen LogP contribution >= 0.6 is 11.8 Å². The molecule has 3 aromatic carbocycles. The molecule has 10 heteroatoms. The lowest BCUT2D eigenvalue weighted by molar-refractivity contribution is -0.135. The number of rotatable bonds is 19. The Morgan fingerprint density at radius 3 is 2.17 bits per heavy atom. The second-order valence-electron chi connectivity index (χ2n) is 11.9. The van der Waals surface area contributed by atoms with Gasteiger partial charge in [0, 0.05) is 36.2 Å². The van der Waals surface area contributed by atoms with Crippen molar-refractivity contribution in [1.29, 1.82) is 0 Å². The Labute approximate surface area is 282 Å². The molecular formula is C37H49F2N3O4S. The number of halogens is 2. The summed E-state index contributed by atoms with van der Waals surface area (Å²) in [7, 11) is 0. The Morgan fingerprint density at radius 1 is 0.894 bits per heavy atom. The van der Waals surface area contributed by atoms with Crippen LogP contribution in [-0.4, -0.2) is 57.7 Å². The number of amides is 2. The maximum Gasteiger partial charge on any atom is 0.408 e. The van der Waals surface area contributed by atoms with E-state index >= 15 is 0 Å². The maximum absolute atomic E-state index is 14.3. The molecule has 3 unspecified atom stereocenters. The quantitative estimate of drug-likeness (QED) is 0.130. The van der Waals surface area contributed by atoms with Gasteiger partial charge >= 0.3 is 6.09 Å². The van der Waals surface area contributed by atoms with Crippen LogP contribution in [0.25, 0.3) is 0 Å². The molecule has 256 valence electrons. The van der Waals surface area contributed by atoms with Gasteiger partial charge in [-0.2, -0.15) is 11.8 Å². The van der Waals surface area contributed by atoms with Crippen LogP contribution in [0.1, 0.15) is 68.7 Å². The molecule has 0 fully saturated rings. The van der Waals surface area contributed by atoms with E-state index in [4.69, 9.17) is 10.5 Å². The molecule has 0 aliphatic rings. The number of hydrogen-bond acceptors (Lipinski definition) is 6. The van der Waals surface area contributed by atoms with Gasteiger partial charge in [-0.1, -0.05) is 88.2 Å². The van der Waals surface area contributed by atoms with E-state index in [2.05, 4.69) is 19.2 Å². The number of nitrogens with two attached hydrogens (primary N) is 1. The van der Waals surface area contributed by atoms with Gasteiger partial charge in [-0.15, -0.1) is 0 Å². The fourth-order valence-electron chi connectivity index (χ4n) is 5.39. The lowest BCUT2D eigenvalue weighted by atomic mass is 10.0. The number of hydrogen-bond donors (Lipinski definition) is 3.